The van der Waals surface area contributed by atoms with Crippen LogP contribution in [0.1, 0.15) is 23.1 Å². The van der Waals surface area contributed by atoms with Crippen molar-refractivity contribution in [3.63, 3.8) is 0 Å². The number of fused-ring (bicyclic) bond motifs is 1. The highest BCUT2D eigenvalue weighted by molar-refractivity contribution is 6.05. The van der Waals surface area contributed by atoms with Crippen LogP contribution >= 0.6 is 0 Å². The number of benzene rings is 2. The first-order chi connectivity index (χ1) is 13.6. The van der Waals surface area contributed by atoms with Gasteiger partial charge in [-0.1, -0.05) is 12.1 Å². The molecular formula is C20H16F3NO5. The lowest BCUT2D eigenvalue weighted by Crippen LogP contribution is -2.15. The zero-order valence-electron chi connectivity index (χ0n) is 14.9. The second kappa shape index (κ2) is 7.86. The number of hydrogen-bond donors (Lipinski definition) is 3. The summed E-state index contributed by atoms with van der Waals surface area (Å²) in [7, 11) is 0. The van der Waals surface area contributed by atoms with Gasteiger partial charge in [0.15, 0.2) is 0 Å². The second-order valence-corrected chi connectivity index (χ2v) is 6.34. The average molecular weight is 407 g/mol. The van der Waals surface area contributed by atoms with Gasteiger partial charge in [-0.05, 0) is 29.8 Å². The number of phenolic OH excluding ortho intramolecular Hbond substituents is 1. The molecule has 0 spiro atoms. The molecule has 0 radical (unpaired) electrons. The minimum atomic E-state index is -4.51. The lowest BCUT2D eigenvalue weighted by molar-refractivity contribution is -0.138. The Hall–Kier alpha value is -3.49. The van der Waals surface area contributed by atoms with Crippen LogP contribution in [0, 0.1) is 0 Å². The first-order valence-electron chi connectivity index (χ1n) is 8.54. The van der Waals surface area contributed by atoms with Gasteiger partial charge in [-0.15, -0.1) is 0 Å². The maximum Gasteiger partial charge on any atom is 0.416 e. The summed E-state index contributed by atoms with van der Waals surface area (Å²) in [4.78, 5) is 23.4. The maximum atomic E-state index is 12.9. The van der Waals surface area contributed by atoms with E-state index in [1.807, 2.05) is 0 Å². The van der Waals surface area contributed by atoms with Gasteiger partial charge < -0.3 is 20.3 Å². The van der Waals surface area contributed by atoms with Crippen molar-refractivity contribution in [1.29, 1.82) is 0 Å². The summed E-state index contributed by atoms with van der Waals surface area (Å²) in [6.45, 7) is 0.115. The zero-order chi connectivity index (χ0) is 21.2. The molecule has 1 amide bonds. The summed E-state index contributed by atoms with van der Waals surface area (Å²) >= 11 is 0. The molecule has 6 nitrogen and oxygen atoms in total. The minimum absolute atomic E-state index is 0.0362. The standard InChI is InChI=1S/C20H16F3NO5/c21-20(22,23)12-4-5-13-11(6-7-29-17(13)9-12)8-18(26)24-15-2-1-3-16(25)14(15)10-19(27)28/h1-5,8-9,25H,6-7,10H2,(H,24,26)(H,27,28). The second-order valence-electron chi connectivity index (χ2n) is 6.34. The number of halogens is 3. The van der Waals surface area contributed by atoms with Crippen molar-refractivity contribution in [2.24, 2.45) is 0 Å². The van der Waals surface area contributed by atoms with E-state index in [1.54, 1.807) is 0 Å². The summed E-state index contributed by atoms with van der Waals surface area (Å²) in [6.07, 6.45) is -3.46. The number of carboxylic acid groups (broad SMARTS) is 1. The molecule has 1 aliphatic heterocycles. The minimum Gasteiger partial charge on any atom is -0.508 e. The molecule has 0 saturated carbocycles. The van der Waals surface area contributed by atoms with E-state index >= 15 is 0 Å². The Morgan fingerprint density at radius 1 is 1.21 bits per heavy atom. The van der Waals surface area contributed by atoms with Crippen molar-refractivity contribution in [3.8, 4) is 11.5 Å². The highest BCUT2D eigenvalue weighted by atomic mass is 19.4. The predicted octanol–water partition coefficient (Wildman–Crippen LogP) is 3.84. The first kappa shape index (κ1) is 20.2. The number of rotatable bonds is 4. The molecule has 1 aliphatic rings. The Morgan fingerprint density at radius 2 is 1.97 bits per heavy atom. The van der Waals surface area contributed by atoms with E-state index in [0.717, 1.165) is 12.1 Å². The number of hydrogen-bond acceptors (Lipinski definition) is 4. The third kappa shape index (κ3) is 4.68. The first-order valence-corrected chi connectivity index (χ1v) is 8.54. The molecule has 0 aliphatic carbocycles. The van der Waals surface area contributed by atoms with E-state index in [0.29, 0.717) is 17.6 Å². The monoisotopic (exact) mass is 407 g/mol. The van der Waals surface area contributed by atoms with Crippen LogP contribution in [0.3, 0.4) is 0 Å². The van der Waals surface area contributed by atoms with E-state index < -0.39 is 30.0 Å². The summed E-state index contributed by atoms with van der Waals surface area (Å²) in [5.74, 6) is -2.02. The van der Waals surface area contributed by atoms with Crippen molar-refractivity contribution in [2.45, 2.75) is 19.0 Å². The van der Waals surface area contributed by atoms with E-state index in [1.165, 1.54) is 30.3 Å². The number of carbonyl (C=O) groups is 2. The molecule has 2 aromatic carbocycles. The van der Waals surface area contributed by atoms with Gasteiger partial charge in [0.1, 0.15) is 11.5 Å². The molecule has 1 heterocycles. The van der Waals surface area contributed by atoms with E-state index in [9.17, 15) is 27.9 Å². The number of phenols is 1. The molecule has 0 atom stereocenters. The van der Waals surface area contributed by atoms with Gasteiger partial charge in [0.05, 0.1) is 18.6 Å². The van der Waals surface area contributed by atoms with Crippen LogP contribution in [-0.4, -0.2) is 28.7 Å². The smallest absolute Gasteiger partial charge is 0.416 e. The molecule has 0 unspecified atom stereocenters. The summed E-state index contributed by atoms with van der Waals surface area (Å²) < 4.78 is 43.9. The molecule has 3 rings (SSSR count). The van der Waals surface area contributed by atoms with E-state index in [2.05, 4.69) is 5.32 Å². The van der Waals surface area contributed by atoms with Crippen molar-refractivity contribution in [3.05, 3.63) is 59.2 Å². The summed E-state index contributed by atoms with van der Waals surface area (Å²) in [5.41, 5.74) is 0.196. The molecule has 29 heavy (non-hydrogen) atoms. The quantitative estimate of drug-likeness (QED) is 0.670. The summed E-state index contributed by atoms with van der Waals surface area (Å²) in [5, 5.41) is 21.3. The average Bonchev–Trinajstić information content (AvgIpc) is 2.63. The van der Waals surface area contributed by atoms with Gasteiger partial charge in [0.2, 0.25) is 5.91 Å². The fraction of sp³-hybridized carbons (Fsp3) is 0.200. The third-order valence-corrected chi connectivity index (χ3v) is 4.33. The normalized spacial score (nSPS) is 14.8. The van der Waals surface area contributed by atoms with Crippen LogP contribution in [0.5, 0.6) is 11.5 Å². The van der Waals surface area contributed by atoms with Crippen LogP contribution in [0.2, 0.25) is 0 Å². The number of nitrogens with one attached hydrogen (secondary N) is 1. The van der Waals surface area contributed by atoms with Gasteiger partial charge in [0.25, 0.3) is 0 Å². The number of ether oxygens (including phenoxy) is 1. The molecule has 3 N–H and O–H groups in total. The largest absolute Gasteiger partial charge is 0.508 e. The van der Waals surface area contributed by atoms with Crippen molar-refractivity contribution >= 4 is 23.1 Å². The van der Waals surface area contributed by atoms with E-state index in [-0.39, 0.29) is 29.4 Å². The van der Waals surface area contributed by atoms with Gasteiger partial charge in [0, 0.05) is 29.3 Å². The Kier molecular flexibility index (Phi) is 5.49. The number of aliphatic carboxylic acids is 1. The van der Waals surface area contributed by atoms with Crippen LogP contribution < -0.4 is 10.1 Å². The fourth-order valence-electron chi connectivity index (χ4n) is 2.99. The lowest BCUT2D eigenvalue weighted by Gasteiger charge is -2.21. The van der Waals surface area contributed by atoms with Crippen molar-refractivity contribution < 1.29 is 37.7 Å². The van der Waals surface area contributed by atoms with Gasteiger partial charge in [-0.2, -0.15) is 13.2 Å². The number of anilines is 1. The fourth-order valence-corrected chi connectivity index (χ4v) is 2.99. The van der Waals surface area contributed by atoms with E-state index in [4.69, 9.17) is 9.84 Å². The van der Waals surface area contributed by atoms with Crippen molar-refractivity contribution in [2.75, 3.05) is 11.9 Å². The highest BCUT2D eigenvalue weighted by Crippen LogP contribution is 2.38. The van der Waals surface area contributed by atoms with Crippen LogP contribution in [0.15, 0.2) is 42.5 Å². The number of alkyl halides is 3. The molecule has 0 bridgehead atoms. The number of aromatic hydroxyl groups is 1. The number of carboxylic acids is 1. The molecule has 0 aromatic heterocycles. The molecule has 2 aromatic rings. The topological polar surface area (TPSA) is 95.9 Å². The van der Waals surface area contributed by atoms with Crippen molar-refractivity contribution in [1.82, 2.24) is 0 Å². The molecule has 0 saturated heterocycles. The molecule has 152 valence electrons. The summed E-state index contributed by atoms with van der Waals surface area (Å²) in [6, 6.07) is 7.26. The van der Waals surface area contributed by atoms with Crippen LogP contribution in [0.25, 0.3) is 5.57 Å². The number of carbonyl (C=O) groups excluding carboxylic acids is 1. The third-order valence-electron chi connectivity index (χ3n) is 4.33. The Labute approximate surface area is 163 Å². The SMILES string of the molecule is O=C(O)Cc1c(O)cccc1NC(=O)C=C1CCOc2cc(C(F)(F)F)ccc21. The van der Waals surface area contributed by atoms with Crippen LogP contribution in [0.4, 0.5) is 18.9 Å². The Balaban J connectivity index is 1.87. The zero-order valence-corrected chi connectivity index (χ0v) is 14.9. The number of amides is 1. The Morgan fingerprint density at radius 3 is 2.66 bits per heavy atom. The Bertz CT molecular complexity index is 998. The highest BCUT2D eigenvalue weighted by Gasteiger charge is 2.32. The van der Waals surface area contributed by atoms with Gasteiger partial charge in [-0.3, -0.25) is 9.59 Å². The molecule has 9 heteroatoms. The lowest BCUT2D eigenvalue weighted by atomic mass is 9.97. The van der Waals surface area contributed by atoms with Gasteiger partial charge in [-0.25, -0.2) is 0 Å². The van der Waals surface area contributed by atoms with Gasteiger partial charge >= 0.3 is 12.1 Å². The molecular weight excluding hydrogens is 391 g/mol. The van der Waals surface area contributed by atoms with Crippen LogP contribution in [-0.2, 0) is 22.2 Å². The maximum absolute atomic E-state index is 12.9. The predicted molar refractivity (Wildman–Crippen MR) is 97.6 cm³/mol. The molecule has 0 fully saturated rings.